The summed E-state index contributed by atoms with van der Waals surface area (Å²) in [7, 11) is -3.88. The van der Waals surface area contributed by atoms with Crippen LogP contribution in [0.25, 0.3) is 6.08 Å². The van der Waals surface area contributed by atoms with Crippen LogP contribution in [0.2, 0.25) is 0 Å². The Labute approximate surface area is 156 Å². The highest BCUT2D eigenvalue weighted by Gasteiger charge is 2.70. The van der Waals surface area contributed by atoms with Crippen molar-refractivity contribution >= 4 is 27.8 Å². The van der Waals surface area contributed by atoms with E-state index in [9.17, 15) is 18.0 Å². The van der Waals surface area contributed by atoms with Crippen molar-refractivity contribution in [2.45, 2.75) is 36.6 Å². The quantitative estimate of drug-likeness (QED) is 0.284. The second-order valence-electron chi connectivity index (χ2n) is 6.76. The van der Waals surface area contributed by atoms with Gasteiger partial charge in [0.1, 0.15) is 17.0 Å². The van der Waals surface area contributed by atoms with Crippen molar-refractivity contribution in [2.24, 2.45) is 0 Å². The molecule has 3 rings (SSSR count). The van der Waals surface area contributed by atoms with Crippen molar-refractivity contribution in [3.8, 4) is 0 Å². The number of hydrogen-bond donors (Lipinski definition) is 1. The smallest absolute Gasteiger partial charge is 0.330 e. The van der Waals surface area contributed by atoms with Crippen molar-refractivity contribution in [2.75, 3.05) is 13.2 Å². The summed E-state index contributed by atoms with van der Waals surface area (Å²) >= 11 is 0. The van der Waals surface area contributed by atoms with Gasteiger partial charge in [0.05, 0.1) is 24.9 Å². The second kappa shape index (κ2) is 6.57. The van der Waals surface area contributed by atoms with E-state index in [1.54, 1.807) is 0 Å². The maximum atomic E-state index is 13.0. The maximum absolute atomic E-state index is 13.0. The molecule has 0 bridgehead atoms. The lowest BCUT2D eigenvalue weighted by atomic mass is 9.95. The summed E-state index contributed by atoms with van der Waals surface area (Å²) in [4.78, 5) is 26.0. The Morgan fingerprint density at radius 1 is 1.48 bits per heavy atom. The zero-order chi connectivity index (χ0) is 20.0. The summed E-state index contributed by atoms with van der Waals surface area (Å²) in [5.41, 5.74) is 0.315. The third kappa shape index (κ3) is 2.77. The highest BCUT2D eigenvalue weighted by Crippen LogP contribution is 2.49. The first-order valence-corrected chi connectivity index (χ1v) is 9.77. The van der Waals surface area contributed by atoms with E-state index in [0.29, 0.717) is 0 Å². The van der Waals surface area contributed by atoms with Crippen LogP contribution < -0.4 is 0 Å². The van der Waals surface area contributed by atoms with E-state index >= 15 is 0 Å². The number of amides is 1. The van der Waals surface area contributed by atoms with Crippen LogP contribution in [0.1, 0.15) is 19.5 Å². The Kier molecular flexibility index (Phi) is 4.68. The fraction of sp³-hybridized carbons (Fsp3) is 0.500. The zero-order valence-corrected chi connectivity index (χ0v) is 15.7. The Morgan fingerprint density at radius 2 is 2.19 bits per heavy atom. The molecule has 146 valence electrons. The SMILES string of the molecule is C=CCOC(=O)C1N2C(=O)/C(=C/c3cn(CCO)nn3)C2S(=O)(=O)C1(C)C. The lowest BCUT2D eigenvalue weighted by Gasteiger charge is -2.38. The summed E-state index contributed by atoms with van der Waals surface area (Å²) in [5, 5.41) is 15.3. The standard InChI is InChI=1S/C16H20N4O6S/c1-4-7-26-15(23)12-16(2,3)27(24,25)14-11(13(22)20(12)14)8-10-9-19(5-6-21)18-17-10/h4,8-9,12,14,21H,1,5-7H2,2-3H3/b11-8-. The molecule has 1 amide bonds. The van der Waals surface area contributed by atoms with Gasteiger partial charge in [0.15, 0.2) is 21.3 Å². The van der Waals surface area contributed by atoms with Crippen LogP contribution in [0, 0.1) is 0 Å². The second-order valence-corrected chi connectivity index (χ2v) is 9.35. The molecule has 2 fully saturated rings. The summed E-state index contributed by atoms with van der Waals surface area (Å²) in [5.74, 6) is -1.35. The molecular formula is C16H20N4O6S. The molecule has 0 aromatic carbocycles. The molecule has 0 radical (unpaired) electrons. The number of esters is 1. The first-order chi connectivity index (χ1) is 12.7. The van der Waals surface area contributed by atoms with E-state index in [1.165, 1.54) is 36.9 Å². The molecule has 27 heavy (non-hydrogen) atoms. The van der Waals surface area contributed by atoms with E-state index in [-0.39, 0.29) is 31.0 Å². The highest BCUT2D eigenvalue weighted by atomic mass is 32.2. The molecule has 2 unspecified atom stereocenters. The molecule has 1 N–H and O–H groups in total. The fourth-order valence-electron chi connectivity index (χ4n) is 3.29. The summed E-state index contributed by atoms with van der Waals surface area (Å²) in [6.07, 6.45) is 4.20. The number of aliphatic hydroxyl groups excluding tert-OH is 1. The van der Waals surface area contributed by atoms with Crippen molar-refractivity contribution in [1.29, 1.82) is 0 Å². The number of nitrogens with zero attached hydrogens (tertiary/aromatic N) is 4. The predicted octanol–water partition coefficient (Wildman–Crippen LogP) is -0.873. The van der Waals surface area contributed by atoms with Gasteiger partial charge < -0.3 is 14.7 Å². The molecule has 2 atom stereocenters. The molecule has 10 nitrogen and oxygen atoms in total. The van der Waals surface area contributed by atoms with Crippen LogP contribution in [0.4, 0.5) is 0 Å². The first-order valence-electron chi connectivity index (χ1n) is 8.23. The molecule has 0 saturated carbocycles. The topological polar surface area (TPSA) is 132 Å². The van der Waals surface area contributed by atoms with Crippen LogP contribution in [0.5, 0.6) is 0 Å². The summed E-state index contributed by atoms with van der Waals surface area (Å²) < 4.78 is 30.8. The number of fused-ring (bicyclic) bond motifs is 1. The average molecular weight is 396 g/mol. The van der Waals surface area contributed by atoms with Gasteiger partial charge in [-0.1, -0.05) is 17.9 Å². The number of hydrogen-bond acceptors (Lipinski definition) is 8. The van der Waals surface area contributed by atoms with Crippen LogP contribution >= 0.6 is 0 Å². The van der Waals surface area contributed by atoms with Crippen LogP contribution in [0.15, 0.2) is 24.4 Å². The van der Waals surface area contributed by atoms with Gasteiger partial charge in [-0.15, -0.1) is 5.10 Å². The predicted molar refractivity (Wildman–Crippen MR) is 93.7 cm³/mol. The van der Waals surface area contributed by atoms with Crippen molar-refractivity contribution in [3.63, 3.8) is 0 Å². The monoisotopic (exact) mass is 396 g/mol. The van der Waals surface area contributed by atoms with Gasteiger partial charge in [-0.2, -0.15) is 0 Å². The number of carbonyl (C=O) groups is 2. The normalized spacial score (nSPS) is 26.6. The fourth-order valence-corrected chi connectivity index (χ4v) is 5.41. The average Bonchev–Trinajstić information content (AvgIpc) is 3.09. The molecule has 2 aliphatic heterocycles. The maximum Gasteiger partial charge on any atom is 0.330 e. The number of ether oxygens (including phenoxy) is 1. The van der Waals surface area contributed by atoms with Gasteiger partial charge in [0.2, 0.25) is 0 Å². The third-order valence-electron chi connectivity index (χ3n) is 4.72. The van der Waals surface area contributed by atoms with Gasteiger partial charge >= 0.3 is 5.97 Å². The van der Waals surface area contributed by atoms with Crippen molar-refractivity contribution in [1.82, 2.24) is 19.9 Å². The number of sulfone groups is 1. The molecule has 2 saturated heterocycles. The minimum Gasteiger partial charge on any atom is -0.460 e. The number of carbonyl (C=O) groups excluding carboxylic acids is 2. The Balaban J connectivity index is 1.96. The lowest BCUT2D eigenvalue weighted by Crippen LogP contribution is -2.59. The van der Waals surface area contributed by atoms with E-state index in [1.807, 2.05) is 0 Å². The molecule has 0 aliphatic carbocycles. The molecule has 1 aromatic rings. The molecule has 11 heteroatoms. The van der Waals surface area contributed by atoms with Crippen molar-refractivity contribution < 1.29 is 27.9 Å². The van der Waals surface area contributed by atoms with Gasteiger partial charge in [-0.05, 0) is 19.9 Å². The number of aliphatic hydroxyl groups is 1. The lowest BCUT2D eigenvalue weighted by molar-refractivity contribution is -0.156. The number of aromatic nitrogens is 3. The van der Waals surface area contributed by atoms with Crippen LogP contribution in [-0.4, -0.2) is 74.7 Å². The van der Waals surface area contributed by atoms with Gasteiger partial charge in [-0.3, -0.25) is 4.79 Å². The molecule has 3 heterocycles. The molecule has 1 aromatic heterocycles. The van der Waals surface area contributed by atoms with Gasteiger partial charge in [0.25, 0.3) is 5.91 Å². The highest BCUT2D eigenvalue weighted by molar-refractivity contribution is 7.94. The van der Waals surface area contributed by atoms with E-state index in [0.717, 1.165) is 4.90 Å². The largest absolute Gasteiger partial charge is 0.460 e. The van der Waals surface area contributed by atoms with Crippen LogP contribution in [-0.2, 0) is 30.7 Å². The molecule has 2 aliphatic rings. The molecule has 0 spiro atoms. The Bertz CT molecular complexity index is 932. The van der Waals surface area contributed by atoms with E-state index in [2.05, 4.69) is 16.9 Å². The van der Waals surface area contributed by atoms with E-state index in [4.69, 9.17) is 9.84 Å². The summed E-state index contributed by atoms with van der Waals surface area (Å²) in [6, 6.07) is -1.23. The molecular weight excluding hydrogens is 376 g/mol. The zero-order valence-electron chi connectivity index (χ0n) is 14.9. The number of β-lactam (4-membered cyclic amide) rings is 1. The van der Waals surface area contributed by atoms with Gasteiger partial charge in [-0.25, -0.2) is 17.9 Å². The van der Waals surface area contributed by atoms with Crippen molar-refractivity contribution in [3.05, 3.63) is 30.1 Å². The Morgan fingerprint density at radius 3 is 2.81 bits per heavy atom. The minimum atomic E-state index is -3.88. The Hall–Kier alpha value is -2.53. The van der Waals surface area contributed by atoms with Gasteiger partial charge in [0, 0.05) is 0 Å². The minimum absolute atomic E-state index is 0.0261. The third-order valence-corrected chi connectivity index (χ3v) is 7.48. The van der Waals surface area contributed by atoms with Crippen LogP contribution in [0.3, 0.4) is 0 Å². The van der Waals surface area contributed by atoms with E-state index < -0.39 is 37.9 Å². The number of rotatable bonds is 6. The first kappa shape index (κ1) is 19.2. The summed E-state index contributed by atoms with van der Waals surface area (Å²) in [6.45, 7) is 6.27.